The highest BCUT2D eigenvalue weighted by Crippen LogP contribution is 2.52. The van der Waals surface area contributed by atoms with Crippen molar-refractivity contribution in [2.45, 2.75) is 56.0 Å². The van der Waals surface area contributed by atoms with Crippen LogP contribution in [0.25, 0.3) is 0 Å². The van der Waals surface area contributed by atoms with Gasteiger partial charge in [0.05, 0.1) is 55.8 Å². The lowest BCUT2D eigenvalue weighted by Crippen LogP contribution is -2.51. The number of phenols is 2. The normalized spacial score (nSPS) is 28.4. The van der Waals surface area contributed by atoms with Crippen LogP contribution >= 0.6 is 0 Å². The number of carbonyl (C=O) groups is 3. The summed E-state index contributed by atoms with van der Waals surface area (Å²) < 4.78 is 28.9. The molecule has 2 unspecified atom stereocenters. The van der Waals surface area contributed by atoms with Crippen molar-refractivity contribution in [3.63, 3.8) is 0 Å². The Hall–Kier alpha value is -3.59. The lowest BCUT2D eigenvalue weighted by atomic mass is 9.72. The second kappa shape index (κ2) is 11.5. The van der Waals surface area contributed by atoms with E-state index in [4.69, 9.17) is 23.7 Å². The minimum absolute atomic E-state index is 0.000889. The minimum Gasteiger partial charge on any atom is -0.507 e. The lowest BCUT2D eigenvalue weighted by Gasteiger charge is -2.40. The van der Waals surface area contributed by atoms with Crippen molar-refractivity contribution in [1.29, 1.82) is 0 Å². The Labute approximate surface area is 247 Å². The van der Waals surface area contributed by atoms with Gasteiger partial charge in [-0.3, -0.25) is 19.7 Å². The van der Waals surface area contributed by atoms with E-state index >= 15 is 0 Å². The molecule has 0 bridgehead atoms. The van der Waals surface area contributed by atoms with Crippen LogP contribution in [0, 0.1) is 0 Å². The Morgan fingerprint density at radius 2 is 1.86 bits per heavy atom. The Bertz CT molecular complexity index is 1460. The maximum atomic E-state index is 13.8. The fraction of sp³-hybridized carbons (Fsp3) is 0.500. The van der Waals surface area contributed by atoms with Crippen molar-refractivity contribution < 1.29 is 53.4 Å². The average molecular weight is 599 g/mol. The highest BCUT2D eigenvalue weighted by atomic mass is 16.7. The van der Waals surface area contributed by atoms with Gasteiger partial charge in [-0.05, 0) is 12.5 Å². The van der Waals surface area contributed by atoms with E-state index in [2.05, 4.69) is 10.6 Å². The van der Waals surface area contributed by atoms with Gasteiger partial charge < -0.3 is 44.3 Å². The van der Waals surface area contributed by atoms with Gasteiger partial charge in [-0.1, -0.05) is 12.1 Å². The first-order valence-corrected chi connectivity index (χ1v) is 14.2. The fourth-order valence-corrected chi connectivity index (χ4v) is 6.40. The van der Waals surface area contributed by atoms with Gasteiger partial charge >= 0.3 is 0 Å². The number of amides is 1. The summed E-state index contributed by atoms with van der Waals surface area (Å²) in [4.78, 5) is 40.2. The molecule has 5 atom stereocenters. The largest absolute Gasteiger partial charge is 0.507 e. The van der Waals surface area contributed by atoms with E-state index in [1.165, 1.54) is 32.4 Å². The number of fused-ring (bicyclic) bond motifs is 3. The van der Waals surface area contributed by atoms with E-state index in [0.717, 1.165) is 0 Å². The summed E-state index contributed by atoms with van der Waals surface area (Å²) in [5.74, 6) is -3.18. The van der Waals surface area contributed by atoms with Gasteiger partial charge in [0.25, 0.3) is 5.91 Å². The molecule has 2 aromatic carbocycles. The zero-order valence-electron chi connectivity index (χ0n) is 23.8. The van der Waals surface area contributed by atoms with Gasteiger partial charge in [0.2, 0.25) is 5.78 Å². The third-order valence-corrected chi connectivity index (χ3v) is 8.48. The average Bonchev–Trinajstić information content (AvgIpc) is 3.02. The summed E-state index contributed by atoms with van der Waals surface area (Å²) in [7, 11) is 2.72. The number of phenolic OH excluding ortho intramolecular Hbond substituents is 2. The molecule has 230 valence electrons. The summed E-state index contributed by atoms with van der Waals surface area (Å²) in [6.07, 6.45) is -2.23. The molecule has 5 N–H and O–H groups in total. The number of likely N-dealkylation sites (N-methyl/N-ethyl adjacent to an activating group) is 1. The standard InChI is InChI=1S/C30H34N2O11/c1-31-29(37)30(38)10-16-22(18(11-30)43-20-7-6-14(12-41-20)42-19-13-40-9-8-32-19)28(36)24-23(26(16)34)25(33)15-4-3-5-17(39-2)21(15)27(24)35/h3-5,14,18-20,32,34,36,38H,6-13H2,1-2H3,(H,31,37)/t14-,18-,19?,20?,30-/m0/s1. The summed E-state index contributed by atoms with van der Waals surface area (Å²) in [6, 6.07) is 4.49. The molecular formula is C30H34N2O11. The summed E-state index contributed by atoms with van der Waals surface area (Å²) >= 11 is 0. The molecule has 6 rings (SSSR count). The van der Waals surface area contributed by atoms with Gasteiger partial charge in [0.15, 0.2) is 12.1 Å². The Kier molecular flexibility index (Phi) is 7.87. The van der Waals surface area contributed by atoms with Crippen LogP contribution in [-0.2, 0) is 30.2 Å². The maximum absolute atomic E-state index is 13.8. The van der Waals surface area contributed by atoms with Crippen LogP contribution in [0.5, 0.6) is 17.2 Å². The van der Waals surface area contributed by atoms with Crippen LogP contribution in [0.3, 0.4) is 0 Å². The zero-order chi connectivity index (χ0) is 30.5. The van der Waals surface area contributed by atoms with E-state index < -0.39 is 64.5 Å². The minimum atomic E-state index is -2.06. The van der Waals surface area contributed by atoms with Crippen molar-refractivity contribution in [1.82, 2.24) is 10.6 Å². The molecule has 43 heavy (non-hydrogen) atoms. The molecule has 2 aliphatic carbocycles. The third kappa shape index (κ3) is 5.05. The van der Waals surface area contributed by atoms with Crippen LogP contribution in [-0.4, -0.2) is 97.5 Å². The summed E-state index contributed by atoms with van der Waals surface area (Å²) in [6.45, 7) is 1.94. The number of benzene rings is 2. The van der Waals surface area contributed by atoms with Crippen LogP contribution in [0.15, 0.2) is 18.2 Å². The van der Waals surface area contributed by atoms with E-state index in [9.17, 15) is 29.7 Å². The van der Waals surface area contributed by atoms with E-state index in [1.807, 2.05) is 0 Å². The topological polar surface area (TPSA) is 182 Å². The van der Waals surface area contributed by atoms with E-state index in [-0.39, 0.29) is 53.4 Å². The second-order valence-electron chi connectivity index (χ2n) is 11.1. The van der Waals surface area contributed by atoms with Gasteiger partial charge in [0.1, 0.15) is 29.1 Å². The van der Waals surface area contributed by atoms with Gasteiger partial charge in [-0.15, -0.1) is 0 Å². The molecule has 2 saturated heterocycles. The molecular weight excluding hydrogens is 564 g/mol. The number of ether oxygens (including phenoxy) is 5. The first-order valence-electron chi connectivity index (χ1n) is 14.2. The Morgan fingerprint density at radius 3 is 2.53 bits per heavy atom. The molecule has 13 heteroatoms. The molecule has 4 aliphatic rings. The quantitative estimate of drug-likeness (QED) is 0.253. The van der Waals surface area contributed by atoms with Gasteiger partial charge in [-0.25, -0.2) is 0 Å². The molecule has 2 aliphatic heterocycles. The predicted octanol–water partition coefficient (Wildman–Crippen LogP) is 0.830. The SMILES string of the molecule is CNC(=O)[C@]1(O)Cc2c(O)c3c(c(O)c2[C@@H](OC2CC[C@H](OC4COCCN4)CO2)C1)C(=O)c1c(OC)cccc1C3=O. The van der Waals surface area contributed by atoms with Crippen LogP contribution in [0.1, 0.15) is 68.3 Å². The molecule has 2 aromatic rings. The first-order chi connectivity index (χ1) is 20.7. The fourth-order valence-electron chi connectivity index (χ4n) is 6.40. The monoisotopic (exact) mass is 598 g/mol. The predicted molar refractivity (Wildman–Crippen MR) is 147 cm³/mol. The number of hydrogen-bond donors (Lipinski definition) is 5. The third-order valence-electron chi connectivity index (χ3n) is 8.48. The van der Waals surface area contributed by atoms with Crippen LogP contribution in [0.4, 0.5) is 0 Å². The molecule has 2 fully saturated rings. The number of morpholine rings is 1. The number of aliphatic hydroxyl groups is 1. The molecule has 0 radical (unpaired) electrons. The Balaban J connectivity index is 1.35. The van der Waals surface area contributed by atoms with Crippen molar-refractivity contribution in [2.75, 3.05) is 40.5 Å². The van der Waals surface area contributed by atoms with Crippen molar-refractivity contribution in [2.24, 2.45) is 0 Å². The number of rotatable bonds is 6. The highest BCUT2D eigenvalue weighted by molar-refractivity contribution is 6.31. The molecule has 0 spiro atoms. The van der Waals surface area contributed by atoms with Gasteiger partial charge in [0, 0.05) is 49.5 Å². The van der Waals surface area contributed by atoms with Crippen molar-refractivity contribution >= 4 is 17.5 Å². The number of methoxy groups -OCH3 is 1. The smallest absolute Gasteiger partial charge is 0.252 e. The molecule has 2 heterocycles. The van der Waals surface area contributed by atoms with Gasteiger partial charge in [-0.2, -0.15) is 0 Å². The number of aromatic hydroxyl groups is 2. The summed E-state index contributed by atoms with van der Waals surface area (Å²) in [5, 5.41) is 40.2. The van der Waals surface area contributed by atoms with Crippen molar-refractivity contribution in [3.8, 4) is 17.2 Å². The van der Waals surface area contributed by atoms with E-state index in [0.29, 0.717) is 32.6 Å². The van der Waals surface area contributed by atoms with Crippen LogP contribution in [0.2, 0.25) is 0 Å². The highest BCUT2D eigenvalue weighted by Gasteiger charge is 2.50. The Morgan fingerprint density at radius 1 is 1.07 bits per heavy atom. The summed E-state index contributed by atoms with van der Waals surface area (Å²) in [5.41, 5.74) is -2.94. The molecule has 0 saturated carbocycles. The molecule has 1 amide bonds. The molecule has 13 nitrogen and oxygen atoms in total. The zero-order valence-corrected chi connectivity index (χ0v) is 23.8. The first kappa shape index (κ1) is 29.5. The maximum Gasteiger partial charge on any atom is 0.252 e. The van der Waals surface area contributed by atoms with E-state index in [1.54, 1.807) is 0 Å². The second-order valence-corrected chi connectivity index (χ2v) is 11.1. The number of hydrogen-bond acceptors (Lipinski definition) is 12. The number of carbonyl (C=O) groups excluding carboxylic acids is 3. The number of ketones is 2. The lowest BCUT2D eigenvalue weighted by molar-refractivity contribution is -0.233. The number of nitrogens with one attached hydrogen (secondary N) is 2. The van der Waals surface area contributed by atoms with Crippen molar-refractivity contribution in [3.05, 3.63) is 51.6 Å². The van der Waals surface area contributed by atoms with Crippen LogP contribution < -0.4 is 15.4 Å². The molecule has 0 aromatic heterocycles.